The van der Waals surface area contributed by atoms with E-state index in [0.29, 0.717) is 65.4 Å². The molecule has 0 spiro atoms. The number of alkyl halides is 1. The van der Waals surface area contributed by atoms with Crippen molar-refractivity contribution in [3.05, 3.63) is 67.8 Å². The summed E-state index contributed by atoms with van der Waals surface area (Å²) in [5.41, 5.74) is 7.14. The number of methoxy groups -OCH3 is 2. The number of benzene rings is 2. The molecule has 0 atom stereocenters. The van der Waals surface area contributed by atoms with Gasteiger partial charge in [0.15, 0.2) is 0 Å². The molecule has 0 bridgehead atoms. The zero-order chi connectivity index (χ0) is 38.3. The van der Waals surface area contributed by atoms with Crippen LogP contribution in [0.25, 0.3) is 0 Å². The number of aromatic hydroxyl groups is 1. The Balaban J connectivity index is 0.000000277. The number of phenols is 1. The van der Waals surface area contributed by atoms with Gasteiger partial charge >= 0.3 is 19.5 Å². The monoisotopic (exact) mass is 810 g/mol. The van der Waals surface area contributed by atoms with Crippen molar-refractivity contribution in [1.29, 1.82) is 0 Å². The molecule has 2 aromatic rings. The number of allylic oxidation sites excluding steroid dienone is 4. The average molecular weight is 812 g/mol. The Bertz CT molecular complexity index is 1730. The molecule has 14 heteroatoms. The fourth-order valence-corrected chi connectivity index (χ4v) is 8.25. The predicted molar refractivity (Wildman–Crippen MR) is 204 cm³/mol. The molecule has 0 fully saturated rings. The number of carbonyl (C=O) groups is 2. The largest absolute Gasteiger partial charge is 0.507 e. The lowest BCUT2D eigenvalue weighted by Crippen LogP contribution is -2.23. The van der Waals surface area contributed by atoms with Gasteiger partial charge in [0, 0.05) is 35.7 Å². The third-order valence-corrected chi connectivity index (χ3v) is 12.3. The number of rotatable bonds is 15. The molecule has 0 radical (unpaired) electrons. The van der Waals surface area contributed by atoms with E-state index in [9.17, 15) is 19.3 Å². The molecule has 2 heterocycles. The summed E-state index contributed by atoms with van der Waals surface area (Å²) in [5.74, 6) is 0.834. The average Bonchev–Trinajstić information content (AvgIpc) is 3.65. The van der Waals surface area contributed by atoms with Crippen LogP contribution in [-0.2, 0) is 40.1 Å². The highest BCUT2D eigenvalue weighted by Gasteiger charge is 2.34. The van der Waals surface area contributed by atoms with Crippen molar-refractivity contribution in [3.8, 4) is 23.0 Å². The Morgan fingerprint density at radius 3 is 1.82 bits per heavy atom. The quantitative estimate of drug-likeness (QED) is 0.0525. The van der Waals surface area contributed by atoms with Crippen molar-refractivity contribution in [2.24, 2.45) is 0 Å². The van der Waals surface area contributed by atoms with Crippen molar-refractivity contribution in [2.45, 2.75) is 92.3 Å². The van der Waals surface area contributed by atoms with Gasteiger partial charge in [0.05, 0.1) is 27.0 Å². The minimum absolute atomic E-state index is 0.0957. The highest BCUT2D eigenvalue weighted by atomic mass is 79.9. The standard InChI is InChI=1S/C21H31BrO4Si.C16H21O7P/c1-7-15(12-22)8-9-16-19(24-3)14(2)17-13-26-21(23)18(17)20(16)25-10-11-27(4,5)6;1-4-10(8-24(19,20)21)5-6-11-14(17)13-12(7-23-16(13)18)9(2)15(11)22-3/h8H,7,9-13H2,1-6H3;5,17H,4,6-8H2,1-3H3,(H2,19,20,21)/b15-8+;10-5+. The Morgan fingerprint density at radius 2 is 1.33 bits per heavy atom. The van der Waals surface area contributed by atoms with Gasteiger partial charge in [-0.3, -0.25) is 4.57 Å². The smallest absolute Gasteiger partial charge is 0.342 e. The molecule has 2 aliphatic rings. The normalized spacial score (nSPS) is 14.4. The number of hydrogen-bond donors (Lipinski definition) is 3. The molecule has 0 amide bonds. The van der Waals surface area contributed by atoms with Crippen LogP contribution >= 0.6 is 23.5 Å². The highest BCUT2D eigenvalue weighted by Crippen LogP contribution is 2.44. The van der Waals surface area contributed by atoms with E-state index in [2.05, 4.69) is 48.6 Å². The summed E-state index contributed by atoms with van der Waals surface area (Å²) in [7, 11) is -2.26. The van der Waals surface area contributed by atoms with Gasteiger partial charge in [0.2, 0.25) is 0 Å². The molecule has 3 N–H and O–H groups in total. The van der Waals surface area contributed by atoms with E-state index in [0.717, 1.165) is 40.2 Å². The van der Waals surface area contributed by atoms with Gasteiger partial charge < -0.3 is 38.6 Å². The van der Waals surface area contributed by atoms with E-state index in [4.69, 9.17) is 33.5 Å². The topological polar surface area (TPSA) is 158 Å². The van der Waals surface area contributed by atoms with Crippen LogP contribution in [0.15, 0.2) is 23.3 Å². The van der Waals surface area contributed by atoms with Crippen molar-refractivity contribution in [3.63, 3.8) is 0 Å². The van der Waals surface area contributed by atoms with Gasteiger partial charge in [-0.25, -0.2) is 9.59 Å². The lowest BCUT2D eigenvalue weighted by atomic mass is 9.94. The first-order valence-electron chi connectivity index (χ1n) is 17.0. The van der Waals surface area contributed by atoms with Crippen LogP contribution in [-0.4, -0.2) is 67.2 Å². The molecule has 0 saturated carbocycles. The maximum atomic E-state index is 12.4. The Hall–Kier alpha value is -3.09. The van der Waals surface area contributed by atoms with E-state index in [1.807, 2.05) is 6.92 Å². The summed E-state index contributed by atoms with van der Waals surface area (Å²) in [6.07, 6.45) is 5.83. The Labute approximate surface area is 310 Å². The number of hydrogen-bond acceptors (Lipinski definition) is 9. The summed E-state index contributed by atoms with van der Waals surface area (Å²) in [4.78, 5) is 42.5. The summed E-state index contributed by atoms with van der Waals surface area (Å²) in [5, 5.41) is 11.3. The van der Waals surface area contributed by atoms with E-state index < -0.39 is 21.6 Å². The van der Waals surface area contributed by atoms with Gasteiger partial charge in [0.25, 0.3) is 0 Å². The van der Waals surface area contributed by atoms with Crippen molar-refractivity contribution in [2.75, 3.05) is 32.3 Å². The van der Waals surface area contributed by atoms with Crippen molar-refractivity contribution in [1.82, 2.24) is 0 Å². The molecule has 2 aliphatic heterocycles. The number of carbonyl (C=O) groups excluding carboxylic acids is 2. The number of ether oxygens (including phenoxy) is 5. The SMILES string of the molecule is CC/C(=C\Cc1c(O)c2c(c(C)c1OC)COC2=O)CP(=O)(O)O.CC/C(=C\Cc1c(OC)c(C)c2c(c1OCC[Si](C)(C)C)C(=O)OC2)CBr. The number of esters is 2. The molecule has 0 unspecified atom stereocenters. The lowest BCUT2D eigenvalue weighted by molar-refractivity contribution is 0.0523. The van der Waals surface area contributed by atoms with Gasteiger partial charge in [-0.15, -0.1) is 0 Å². The first-order chi connectivity index (χ1) is 23.9. The summed E-state index contributed by atoms with van der Waals surface area (Å²) < 4.78 is 38.8. The molecule has 0 aliphatic carbocycles. The Kier molecular flexibility index (Phi) is 15.0. The van der Waals surface area contributed by atoms with Gasteiger partial charge in [0.1, 0.15) is 47.3 Å². The van der Waals surface area contributed by atoms with Crippen LogP contribution in [0.5, 0.6) is 23.0 Å². The molecule has 11 nitrogen and oxygen atoms in total. The second kappa shape index (κ2) is 18.1. The van der Waals surface area contributed by atoms with Crippen LogP contribution in [0, 0.1) is 13.8 Å². The van der Waals surface area contributed by atoms with E-state index >= 15 is 0 Å². The number of cyclic esters (lactones) is 2. The molecule has 0 aromatic heterocycles. The lowest BCUT2D eigenvalue weighted by Gasteiger charge is -2.21. The first-order valence-corrected chi connectivity index (χ1v) is 23.6. The second-order valence-electron chi connectivity index (χ2n) is 13.8. The molecular weight excluding hydrogens is 759 g/mol. The van der Waals surface area contributed by atoms with E-state index in [1.165, 1.54) is 12.7 Å². The molecule has 2 aromatic carbocycles. The van der Waals surface area contributed by atoms with Crippen LogP contribution in [0.2, 0.25) is 25.7 Å². The fraction of sp³-hybridized carbons (Fsp3) is 0.514. The van der Waals surface area contributed by atoms with E-state index in [1.54, 1.807) is 27.0 Å². The summed E-state index contributed by atoms with van der Waals surface area (Å²) in [6, 6.07) is 1.03. The summed E-state index contributed by atoms with van der Waals surface area (Å²) >= 11 is 3.54. The maximum absolute atomic E-state index is 12.4. The minimum atomic E-state index is -4.16. The molecular formula is C37H52BrO11PSi. The van der Waals surface area contributed by atoms with Crippen molar-refractivity contribution < 1.29 is 52.7 Å². The van der Waals surface area contributed by atoms with Gasteiger partial charge in [-0.2, -0.15) is 0 Å². The van der Waals surface area contributed by atoms with Gasteiger partial charge in [-0.05, 0) is 56.7 Å². The fourth-order valence-electron chi connectivity index (χ4n) is 6.03. The van der Waals surface area contributed by atoms with Crippen LogP contribution in [0.1, 0.15) is 80.8 Å². The van der Waals surface area contributed by atoms with Crippen molar-refractivity contribution >= 4 is 43.5 Å². The summed E-state index contributed by atoms with van der Waals surface area (Å²) in [6.45, 7) is 15.7. The van der Waals surface area contributed by atoms with Crippen LogP contribution in [0.4, 0.5) is 0 Å². The third-order valence-electron chi connectivity index (χ3n) is 9.05. The zero-order valence-corrected chi connectivity index (χ0v) is 34.6. The zero-order valence-electron chi connectivity index (χ0n) is 31.2. The van der Waals surface area contributed by atoms with Crippen LogP contribution < -0.4 is 14.2 Å². The van der Waals surface area contributed by atoms with Gasteiger partial charge in [-0.1, -0.05) is 72.7 Å². The van der Waals surface area contributed by atoms with E-state index in [-0.39, 0.29) is 36.5 Å². The third kappa shape index (κ3) is 10.5. The molecule has 4 rings (SSSR count). The first kappa shape index (κ1) is 42.3. The Morgan fingerprint density at radius 1 is 0.843 bits per heavy atom. The minimum Gasteiger partial charge on any atom is -0.507 e. The van der Waals surface area contributed by atoms with Crippen LogP contribution in [0.3, 0.4) is 0 Å². The molecule has 282 valence electrons. The maximum Gasteiger partial charge on any atom is 0.342 e. The number of phenolic OH excluding ortho intramolecular Hbond substituents is 1. The second-order valence-corrected chi connectivity index (χ2v) is 21.6. The highest BCUT2D eigenvalue weighted by molar-refractivity contribution is 9.09. The number of fused-ring (bicyclic) bond motifs is 2. The number of halogens is 1. The molecule has 0 saturated heterocycles. The molecule has 51 heavy (non-hydrogen) atoms. The predicted octanol–water partition coefficient (Wildman–Crippen LogP) is 8.10.